The van der Waals surface area contributed by atoms with E-state index in [4.69, 9.17) is 0 Å². The summed E-state index contributed by atoms with van der Waals surface area (Å²) < 4.78 is 0. The molecule has 1 heterocycles. The molecule has 0 amide bonds. The lowest BCUT2D eigenvalue weighted by Crippen LogP contribution is -2.21. The summed E-state index contributed by atoms with van der Waals surface area (Å²) in [6, 6.07) is 8.54. The molecule has 0 bridgehead atoms. The fourth-order valence-corrected chi connectivity index (χ4v) is 2.50. The van der Waals surface area contributed by atoms with Crippen molar-refractivity contribution in [2.24, 2.45) is 0 Å². The molecule has 2 rings (SSSR count). The molecule has 0 spiro atoms. The molecule has 0 unspecified atom stereocenters. The molecule has 5 heteroatoms. The molecule has 96 valence electrons. The number of anilines is 2. The third-order valence-electron chi connectivity index (χ3n) is 2.76. The van der Waals surface area contributed by atoms with E-state index in [1.165, 1.54) is 11.3 Å². The monoisotopic (exact) mass is 262 g/mol. The highest BCUT2D eigenvalue weighted by Gasteiger charge is 2.09. The highest BCUT2D eigenvalue weighted by Crippen LogP contribution is 2.21. The fourth-order valence-electron chi connectivity index (χ4n) is 1.79. The minimum absolute atomic E-state index is 0.805. The number of rotatable bonds is 5. The third kappa shape index (κ3) is 2.98. The number of hydrogen-bond acceptors (Lipinski definition) is 5. The second-order valence-corrected chi connectivity index (χ2v) is 5.17. The molecule has 0 atom stereocenters. The Morgan fingerprint density at radius 1 is 1.33 bits per heavy atom. The molecular weight excluding hydrogens is 244 g/mol. The Labute approximate surface area is 112 Å². The predicted octanol–water partition coefficient (Wildman–Crippen LogP) is 2.91. The number of hydrogen-bond donors (Lipinski definition) is 1. The van der Waals surface area contributed by atoms with Crippen molar-refractivity contribution in [3.8, 4) is 0 Å². The van der Waals surface area contributed by atoms with Crippen LogP contribution in [0.3, 0.4) is 0 Å². The molecule has 1 aromatic carbocycles. The van der Waals surface area contributed by atoms with Crippen LogP contribution >= 0.6 is 11.3 Å². The van der Waals surface area contributed by atoms with Crippen molar-refractivity contribution in [3.05, 3.63) is 34.8 Å². The van der Waals surface area contributed by atoms with E-state index in [2.05, 4.69) is 58.5 Å². The summed E-state index contributed by atoms with van der Waals surface area (Å²) in [5.74, 6) is 0. The summed E-state index contributed by atoms with van der Waals surface area (Å²) in [5, 5.41) is 13.2. The molecule has 0 radical (unpaired) electrons. The van der Waals surface area contributed by atoms with Gasteiger partial charge in [0.1, 0.15) is 5.01 Å². The van der Waals surface area contributed by atoms with Crippen LogP contribution in [0.5, 0.6) is 0 Å². The van der Waals surface area contributed by atoms with Gasteiger partial charge in [0.15, 0.2) is 0 Å². The molecule has 1 aromatic heterocycles. The Bertz CT molecular complexity index is 509. The number of nitrogens with zero attached hydrogens (tertiary/aromatic N) is 3. The van der Waals surface area contributed by atoms with E-state index in [9.17, 15) is 0 Å². The Balaban J connectivity index is 2.14. The number of nitrogens with one attached hydrogen (secondary N) is 1. The largest absolute Gasteiger partial charge is 0.365 e. The average Bonchev–Trinajstić information content (AvgIpc) is 2.83. The Kier molecular flexibility index (Phi) is 4.15. The molecule has 18 heavy (non-hydrogen) atoms. The van der Waals surface area contributed by atoms with Crippen LogP contribution in [0.15, 0.2) is 24.3 Å². The number of benzene rings is 1. The second kappa shape index (κ2) is 5.82. The molecule has 0 aliphatic heterocycles. The van der Waals surface area contributed by atoms with E-state index in [1.54, 1.807) is 11.3 Å². The van der Waals surface area contributed by atoms with Crippen LogP contribution in [0.2, 0.25) is 0 Å². The van der Waals surface area contributed by atoms with Gasteiger partial charge in [-0.05, 0) is 31.5 Å². The van der Waals surface area contributed by atoms with E-state index in [0.29, 0.717) is 0 Å². The summed E-state index contributed by atoms with van der Waals surface area (Å²) in [5.41, 5.74) is 2.51. The van der Waals surface area contributed by atoms with Crippen molar-refractivity contribution in [2.75, 3.05) is 23.8 Å². The van der Waals surface area contributed by atoms with Crippen LogP contribution in [0.25, 0.3) is 0 Å². The maximum Gasteiger partial charge on any atom is 0.205 e. The lowest BCUT2D eigenvalue weighted by molar-refractivity contribution is 0.811. The van der Waals surface area contributed by atoms with Gasteiger partial charge in [0.25, 0.3) is 0 Å². The molecule has 0 saturated carbocycles. The van der Waals surface area contributed by atoms with Crippen molar-refractivity contribution in [3.63, 3.8) is 0 Å². The van der Waals surface area contributed by atoms with Crippen molar-refractivity contribution in [1.82, 2.24) is 10.2 Å². The molecule has 4 nitrogen and oxygen atoms in total. The van der Waals surface area contributed by atoms with Gasteiger partial charge in [-0.15, -0.1) is 10.2 Å². The van der Waals surface area contributed by atoms with E-state index >= 15 is 0 Å². The number of aromatic nitrogens is 2. The van der Waals surface area contributed by atoms with Crippen LogP contribution < -0.4 is 10.2 Å². The first-order valence-electron chi connectivity index (χ1n) is 6.04. The molecular formula is C13H18N4S. The SMILES string of the molecule is CCN(Cc1nnc(NC)s1)c1cccc(C)c1. The van der Waals surface area contributed by atoms with Crippen LogP contribution in [-0.4, -0.2) is 23.8 Å². The minimum Gasteiger partial charge on any atom is -0.365 e. The smallest absolute Gasteiger partial charge is 0.205 e. The minimum atomic E-state index is 0.805. The predicted molar refractivity (Wildman–Crippen MR) is 77.4 cm³/mol. The van der Waals surface area contributed by atoms with E-state index in [-0.39, 0.29) is 0 Å². The van der Waals surface area contributed by atoms with Crippen molar-refractivity contribution in [2.45, 2.75) is 20.4 Å². The normalized spacial score (nSPS) is 10.4. The van der Waals surface area contributed by atoms with Gasteiger partial charge in [-0.25, -0.2) is 0 Å². The first-order chi connectivity index (χ1) is 8.72. The standard InChI is InChI=1S/C13H18N4S/c1-4-17(11-7-5-6-10(2)8-11)9-12-15-16-13(14-3)18-12/h5-8H,4,9H2,1-3H3,(H,14,16). The zero-order chi connectivity index (χ0) is 13.0. The van der Waals surface area contributed by atoms with Crippen molar-refractivity contribution >= 4 is 22.2 Å². The van der Waals surface area contributed by atoms with Gasteiger partial charge in [-0.3, -0.25) is 0 Å². The van der Waals surface area contributed by atoms with E-state index < -0.39 is 0 Å². The van der Waals surface area contributed by atoms with Crippen LogP contribution in [0.1, 0.15) is 17.5 Å². The highest BCUT2D eigenvalue weighted by atomic mass is 32.1. The first kappa shape index (κ1) is 12.8. The van der Waals surface area contributed by atoms with Gasteiger partial charge in [-0.2, -0.15) is 0 Å². The average molecular weight is 262 g/mol. The second-order valence-electron chi connectivity index (χ2n) is 4.10. The van der Waals surface area contributed by atoms with Crippen LogP contribution in [0, 0.1) is 6.92 Å². The lowest BCUT2D eigenvalue weighted by Gasteiger charge is -2.21. The zero-order valence-corrected chi connectivity index (χ0v) is 11.8. The topological polar surface area (TPSA) is 41.1 Å². The first-order valence-corrected chi connectivity index (χ1v) is 6.86. The fraction of sp³-hybridized carbons (Fsp3) is 0.385. The summed E-state index contributed by atoms with van der Waals surface area (Å²) in [6.07, 6.45) is 0. The van der Waals surface area contributed by atoms with Gasteiger partial charge in [0.2, 0.25) is 5.13 Å². The quantitative estimate of drug-likeness (QED) is 0.899. The summed E-state index contributed by atoms with van der Waals surface area (Å²) >= 11 is 1.60. The van der Waals surface area contributed by atoms with Crippen molar-refractivity contribution < 1.29 is 0 Å². The van der Waals surface area contributed by atoms with Gasteiger partial charge < -0.3 is 10.2 Å². The highest BCUT2D eigenvalue weighted by molar-refractivity contribution is 7.15. The maximum atomic E-state index is 4.19. The van der Waals surface area contributed by atoms with Crippen LogP contribution in [0.4, 0.5) is 10.8 Å². The lowest BCUT2D eigenvalue weighted by atomic mass is 10.2. The molecule has 2 aromatic rings. The van der Waals surface area contributed by atoms with E-state index in [1.807, 2.05) is 7.05 Å². The summed E-state index contributed by atoms with van der Waals surface area (Å²) in [7, 11) is 1.86. The van der Waals surface area contributed by atoms with E-state index in [0.717, 1.165) is 23.2 Å². The Morgan fingerprint density at radius 2 is 2.17 bits per heavy atom. The molecule has 0 aliphatic rings. The molecule has 0 saturated heterocycles. The Hall–Kier alpha value is -1.62. The summed E-state index contributed by atoms with van der Waals surface area (Å²) in [4.78, 5) is 2.30. The van der Waals surface area contributed by atoms with Gasteiger partial charge in [-0.1, -0.05) is 23.5 Å². The third-order valence-corrected chi connectivity index (χ3v) is 3.68. The molecule has 0 aliphatic carbocycles. The molecule has 1 N–H and O–H groups in total. The zero-order valence-electron chi connectivity index (χ0n) is 11.0. The van der Waals surface area contributed by atoms with Gasteiger partial charge in [0, 0.05) is 19.3 Å². The summed E-state index contributed by atoms with van der Waals surface area (Å²) in [6.45, 7) is 6.03. The van der Waals surface area contributed by atoms with Gasteiger partial charge in [0.05, 0.1) is 6.54 Å². The van der Waals surface area contributed by atoms with Crippen LogP contribution in [-0.2, 0) is 6.54 Å². The van der Waals surface area contributed by atoms with Crippen molar-refractivity contribution in [1.29, 1.82) is 0 Å². The molecule has 0 fully saturated rings. The Morgan fingerprint density at radius 3 is 2.78 bits per heavy atom. The van der Waals surface area contributed by atoms with Gasteiger partial charge >= 0.3 is 0 Å². The number of aryl methyl sites for hydroxylation is 1. The maximum absolute atomic E-state index is 4.19.